The first kappa shape index (κ1) is 56.5. The highest BCUT2D eigenvalue weighted by molar-refractivity contribution is 7.47. The minimum atomic E-state index is -4.28. The Morgan fingerprint density at radius 2 is 1.00 bits per heavy atom. The highest BCUT2D eigenvalue weighted by Crippen LogP contribution is 2.43. The Bertz CT molecular complexity index is 1070. The van der Waals surface area contributed by atoms with Crippen LogP contribution in [-0.4, -0.2) is 75.6 Å². The molecule has 0 aromatic carbocycles. The smallest absolute Gasteiger partial charge is 0.457 e. The number of carbonyl (C=O) groups excluding carboxylic acids is 1. The normalized spacial score (nSPS) is 14.1. The number of carbonyl (C=O) groups is 1. The quantitative estimate of drug-likeness (QED) is 0.0215. The number of unbranched alkanes of at least 4 members (excludes halogenated alkanes) is 22. The number of rotatable bonds is 44. The van der Waals surface area contributed by atoms with Crippen LogP contribution in [-0.2, 0) is 27.9 Å². The summed E-state index contributed by atoms with van der Waals surface area (Å²) >= 11 is 0. The van der Waals surface area contributed by atoms with E-state index < -0.39 is 13.9 Å². The van der Waals surface area contributed by atoms with E-state index in [4.69, 9.17) is 18.5 Å². The first-order valence-electron chi connectivity index (χ1n) is 23.9. The Kier molecular flexibility index (Phi) is 41.0. The van der Waals surface area contributed by atoms with Gasteiger partial charge in [0.05, 0.1) is 34.4 Å². The summed E-state index contributed by atoms with van der Waals surface area (Å²) in [5.74, 6) is -0.319. The molecule has 8 nitrogen and oxygen atoms in total. The highest BCUT2D eigenvalue weighted by Gasteiger charge is 2.26. The van der Waals surface area contributed by atoms with Crippen LogP contribution in [0, 0.1) is 0 Å². The molecule has 0 heterocycles. The molecule has 2 unspecified atom stereocenters. The number of allylic oxidation sites excluding steroid dienone is 8. The third-order valence-electron chi connectivity index (χ3n) is 10.2. The van der Waals surface area contributed by atoms with Crippen molar-refractivity contribution in [2.24, 2.45) is 0 Å². The van der Waals surface area contributed by atoms with Crippen molar-refractivity contribution in [2.75, 3.05) is 54.1 Å². The number of nitrogens with zero attached hydrogens (tertiary/aromatic N) is 1. The second-order valence-electron chi connectivity index (χ2n) is 17.1. The fourth-order valence-corrected chi connectivity index (χ4v) is 7.23. The molecule has 0 aliphatic heterocycles. The SMILES string of the molecule is CC/C=C\C/C=C\C/C=C\C/C=C\CCCCCCCOCC(COP(=O)(O)OCC[N+](C)(C)C)OC(=O)CCCCCCCCCCCCCCCCCCCC. The molecule has 0 aliphatic carbocycles. The summed E-state index contributed by atoms with van der Waals surface area (Å²) in [4.78, 5) is 22.9. The number of quaternary nitrogens is 1. The highest BCUT2D eigenvalue weighted by atomic mass is 31.2. The third-order valence-corrected chi connectivity index (χ3v) is 11.1. The Morgan fingerprint density at radius 1 is 0.552 bits per heavy atom. The van der Waals surface area contributed by atoms with Crippen molar-refractivity contribution in [3.8, 4) is 0 Å². The van der Waals surface area contributed by atoms with Crippen molar-refractivity contribution in [3.05, 3.63) is 48.6 Å². The van der Waals surface area contributed by atoms with E-state index in [9.17, 15) is 14.3 Å². The molecule has 0 amide bonds. The van der Waals surface area contributed by atoms with Crippen molar-refractivity contribution < 1.29 is 37.3 Å². The maximum absolute atomic E-state index is 12.7. The van der Waals surface area contributed by atoms with Crippen molar-refractivity contribution in [1.82, 2.24) is 0 Å². The zero-order valence-electron chi connectivity index (χ0n) is 38.5. The Balaban J connectivity index is 4.21. The predicted molar refractivity (Wildman–Crippen MR) is 247 cm³/mol. The lowest BCUT2D eigenvalue weighted by molar-refractivity contribution is -0.870. The summed E-state index contributed by atoms with van der Waals surface area (Å²) in [5, 5.41) is 0. The van der Waals surface area contributed by atoms with E-state index in [0.717, 1.165) is 70.6 Å². The molecule has 2 atom stereocenters. The number of hydrogen-bond donors (Lipinski definition) is 1. The van der Waals surface area contributed by atoms with Crippen molar-refractivity contribution in [3.63, 3.8) is 0 Å². The monoisotopic (exact) mass is 839 g/mol. The molecular formula is C49H93NO7P+. The predicted octanol–water partition coefficient (Wildman–Crippen LogP) is 14.3. The van der Waals surface area contributed by atoms with Gasteiger partial charge in [-0.05, 0) is 51.4 Å². The molecule has 0 rings (SSSR count). The molecule has 58 heavy (non-hydrogen) atoms. The molecule has 0 saturated carbocycles. The maximum Gasteiger partial charge on any atom is 0.472 e. The molecule has 0 saturated heterocycles. The van der Waals surface area contributed by atoms with Gasteiger partial charge in [0.1, 0.15) is 19.3 Å². The van der Waals surface area contributed by atoms with E-state index in [1.807, 2.05) is 21.1 Å². The Morgan fingerprint density at radius 3 is 1.50 bits per heavy atom. The Labute approximate surface area is 358 Å². The number of esters is 1. The van der Waals surface area contributed by atoms with E-state index >= 15 is 0 Å². The van der Waals surface area contributed by atoms with Gasteiger partial charge >= 0.3 is 13.8 Å². The van der Waals surface area contributed by atoms with Crippen LogP contribution in [0.15, 0.2) is 48.6 Å². The number of phosphoric acid groups is 1. The second-order valence-corrected chi connectivity index (χ2v) is 18.6. The molecule has 0 aromatic rings. The van der Waals surface area contributed by atoms with Crippen LogP contribution in [0.4, 0.5) is 0 Å². The number of hydrogen-bond acceptors (Lipinski definition) is 6. The van der Waals surface area contributed by atoms with Gasteiger partial charge in [0.15, 0.2) is 0 Å². The first-order chi connectivity index (χ1) is 28.1. The van der Waals surface area contributed by atoms with Gasteiger partial charge in [-0.3, -0.25) is 13.8 Å². The molecule has 0 fully saturated rings. The van der Waals surface area contributed by atoms with E-state index in [1.165, 1.54) is 109 Å². The van der Waals surface area contributed by atoms with Crippen LogP contribution < -0.4 is 0 Å². The molecule has 0 aliphatic rings. The van der Waals surface area contributed by atoms with Crippen LogP contribution in [0.25, 0.3) is 0 Å². The van der Waals surface area contributed by atoms with Crippen LogP contribution >= 0.6 is 7.82 Å². The molecule has 0 aromatic heterocycles. The fourth-order valence-electron chi connectivity index (χ4n) is 6.49. The van der Waals surface area contributed by atoms with Gasteiger partial charge in [-0.15, -0.1) is 0 Å². The second kappa shape index (κ2) is 42.2. The van der Waals surface area contributed by atoms with Crippen molar-refractivity contribution in [1.29, 1.82) is 0 Å². The number of likely N-dealkylation sites (N-methyl/N-ethyl adjacent to an activating group) is 1. The zero-order valence-corrected chi connectivity index (χ0v) is 39.4. The molecular weight excluding hydrogens is 746 g/mol. The molecule has 0 spiro atoms. The average molecular weight is 839 g/mol. The lowest BCUT2D eigenvalue weighted by atomic mass is 10.0. The van der Waals surface area contributed by atoms with Gasteiger partial charge in [0, 0.05) is 13.0 Å². The van der Waals surface area contributed by atoms with Gasteiger partial charge in [0.2, 0.25) is 0 Å². The van der Waals surface area contributed by atoms with Crippen LogP contribution in [0.3, 0.4) is 0 Å². The Hall–Kier alpha value is -1.54. The van der Waals surface area contributed by atoms with Crippen LogP contribution in [0.2, 0.25) is 0 Å². The fraction of sp³-hybridized carbons (Fsp3) is 0.816. The summed E-state index contributed by atoms with van der Waals surface area (Å²) in [5.41, 5.74) is 0. The van der Waals surface area contributed by atoms with E-state index in [0.29, 0.717) is 24.1 Å². The standard InChI is InChI=1S/C49H92NO7P/c1-6-8-10-12-14-16-18-20-22-24-26-28-30-32-34-36-38-40-42-49(51)57-48(47-56-58(52,53)55-45-43-50(3,4)5)46-54-44-41-39-37-35-33-31-29-27-25-23-21-19-17-15-13-11-9-7-2/h9,11,15,17,21,23,27,29,48H,6-8,10,12-14,16,18-20,22,24-26,28,30-47H2,1-5H3/p+1/b11-9-,17-15-,23-21-,29-27-. The number of ether oxygens (including phenoxy) is 2. The van der Waals surface area contributed by atoms with E-state index in [-0.39, 0.29) is 25.8 Å². The summed E-state index contributed by atoms with van der Waals surface area (Å²) in [6.07, 6.45) is 51.5. The van der Waals surface area contributed by atoms with Gasteiger partial charge in [-0.25, -0.2) is 4.57 Å². The largest absolute Gasteiger partial charge is 0.472 e. The maximum atomic E-state index is 12.7. The molecule has 9 heteroatoms. The van der Waals surface area contributed by atoms with E-state index in [2.05, 4.69) is 62.5 Å². The zero-order chi connectivity index (χ0) is 42.7. The minimum absolute atomic E-state index is 0.0844. The van der Waals surface area contributed by atoms with Gasteiger partial charge in [-0.1, -0.05) is 191 Å². The minimum Gasteiger partial charge on any atom is -0.457 e. The summed E-state index contributed by atoms with van der Waals surface area (Å²) in [7, 11) is 1.66. The van der Waals surface area contributed by atoms with Crippen molar-refractivity contribution in [2.45, 2.75) is 206 Å². The summed E-state index contributed by atoms with van der Waals surface area (Å²) in [6, 6.07) is 0. The lowest BCUT2D eigenvalue weighted by Crippen LogP contribution is -2.37. The van der Waals surface area contributed by atoms with Crippen molar-refractivity contribution >= 4 is 13.8 Å². The van der Waals surface area contributed by atoms with Gasteiger partial charge in [-0.2, -0.15) is 0 Å². The van der Waals surface area contributed by atoms with E-state index in [1.54, 1.807) is 0 Å². The summed E-state index contributed by atoms with van der Waals surface area (Å²) < 4.78 is 35.1. The topological polar surface area (TPSA) is 91.3 Å². The molecule has 1 N–H and O–H groups in total. The molecule has 340 valence electrons. The molecule has 0 radical (unpaired) electrons. The van der Waals surface area contributed by atoms with Gasteiger partial charge in [0.25, 0.3) is 0 Å². The molecule has 0 bridgehead atoms. The van der Waals surface area contributed by atoms with Gasteiger partial charge < -0.3 is 18.9 Å². The lowest BCUT2D eigenvalue weighted by Gasteiger charge is -2.24. The van der Waals surface area contributed by atoms with Crippen LogP contribution in [0.5, 0.6) is 0 Å². The number of phosphoric ester groups is 1. The summed E-state index contributed by atoms with van der Waals surface area (Å²) in [6.45, 7) is 5.49. The van der Waals surface area contributed by atoms with Crippen LogP contribution in [0.1, 0.15) is 200 Å². The first-order valence-corrected chi connectivity index (χ1v) is 25.4. The average Bonchev–Trinajstić information content (AvgIpc) is 3.18. The third kappa shape index (κ3) is 45.5.